The van der Waals surface area contributed by atoms with Crippen LogP contribution in [-0.2, 0) is 14.3 Å². The van der Waals surface area contributed by atoms with Crippen molar-refractivity contribution < 1.29 is 29.1 Å². The number of carbonyl (C=O) groups is 2. The SMILES string of the molecule is CC1C(=O)N2C1O/C(=C\COc1ccc([N+](=O)[O-])cc1)[C@@H]2C(=O)O. The number of carbonyl (C=O) groups excluding carboxylic acids is 1. The van der Waals surface area contributed by atoms with Crippen molar-refractivity contribution in [2.45, 2.75) is 19.2 Å². The molecule has 2 unspecified atom stereocenters. The topological polar surface area (TPSA) is 119 Å². The van der Waals surface area contributed by atoms with E-state index in [2.05, 4.69) is 0 Å². The predicted octanol–water partition coefficient (Wildman–Crippen LogP) is 1.15. The van der Waals surface area contributed by atoms with Crippen LogP contribution in [-0.4, -0.2) is 45.7 Å². The molecule has 1 amide bonds. The van der Waals surface area contributed by atoms with Gasteiger partial charge in [0, 0.05) is 12.1 Å². The van der Waals surface area contributed by atoms with Crippen molar-refractivity contribution in [3.8, 4) is 5.75 Å². The molecule has 9 heteroatoms. The van der Waals surface area contributed by atoms with E-state index in [-0.39, 0.29) is 29.9 Å². The first kappa shape index (κ1) is 15.8. The molecular weight excluding hydrogens is 320 g/mol. The number of hydrogen-bond acceptors (Lipinski definition) is 6. The molecule has 0 bridgehead atoms. The lowest BCUT2D eigenvalue weighted by Crippen LogP contribution is -2.60. The Labute approximate surface area is 136 Å². The van der Waals surface area contributed by atoms with Gasteiger partial charge in [0.2, 0.25) is 5.91 Å². The second-order valence-corrected chi connectivity index (χ2v) is 5.45. The zero-order valence-electron chi connectivity index (χ0n) is 12.6. The Hall–Kier alpha value is -3.10. The number of amides is 1. The number of carboxylic acid groups (broad SMARTS) is 1. The number of rotatable bonds is 5. The van der Waals surface area contributed by atoms with Gasteiger partial charge in [0.15, 0.2) is 12.3 Å². The van der Waals surface area contributed by atoms with E-state index in [0.717, 1.165) is 0 Å². The van der Waals surface area contributed by atoms with Gasteiger partial charge >= 0.3 is 5.97 Å². The smallest absolute Gasteiger partial charge is 0.334 e. The first-order chi connectivity index (χ1) is 11.4. The number of fused-ring (bicyclic) bond motifs is 1. The van der Waals surface area contributed by atoms with Gasteiger partial charge in [-0.15, -0.1) is 0 Å². The molecule has 9 nitrogen and oxygen atoms in total. The number of nitro benzene ring substituents is 1. The van der Waals surface area contributed by atoms with Crippen molar-refractivity contribution in [1.82, 2.24) is 4.90 Å². The fraction of sp³-hybridized carbons (Fsp3) is 0.333. The molecule has 1 aromatic rings. The molecule has 1 N–H and O–H groups in total. The van der Waals surface area contributed by atoms with Gasteiger partial charge in [0.1, 0.15) is 18.1 Å². The minimum Gasteiger partial charge on any atom is -0.489 e. The Morgan fingerprint density at radius 2 is 2.12 bits per heavy atom. The highest BCUT2D eigenvalue weighted by Gasteiger charge is 2.58. The molecule has 2 fully saturated rings. The van der Waals surface area contributed by atoms with Gasteiger partial charge in [-0.25, -0.2) is 4.79 Å². The van der Waals surface area contributed by atoms with Crippen LogP contribution >= 0.6 is 0 Å². The summed E-state index contributed by atoms with van der Waals surface area (Å²) in [4.78, 5) is 34.4. The third-order valence-corrected chi connectivity index (χ3v) is 3.97. The first-order valence-electron chi connectivity index (χ1n) is 7.19. The van der Waals surface area contributed by atoms with E-state index >= 15 is 0 Å². The minimum absolute atomic E-state index is 0.0139. The van der Waals surface area contributed by atoms with Gasteiger partial charge in [-0.3, -0.25) is 19.8 Å². The predicted molar refractivity (Wildman–Crippen MR) is 79.0 cm³/mol. The van der Waals surface area contributed by atoms with E-state index < -0.39 is 23.2 Å². The molecular formula is C15H14N2O7. The lowest BCUT2D eigenvalue weighted by Gasteiger charge is -2.39. The molecule has 0 aromatic heterocycles. The van der Waals surface area contributed by atoms with E-state index in [4.69, 9.17) is 9.47 Å². The summed E-state index contributed by atoms with van der Waals surface area (Å²) in [5.74, 6) is -1.23. The number of benzene rings is 1. The summed E-state index contributed by atoms with van der Waals surface area (Å²) >= 11 is 0. The number of hydrogen-bond donors (Lipinski definition) is 1. The van der Waals surface area contributed by atoms with E-state index in [1.807, 2.05) is 0 Å². The standard InChI is InChI=1S/C15H14N2O7/c1-8-13(18)16-12(15(19)20)11(24-14(8)16)6-7-23-10-4-2-9(3-5-10)17(21)22/h2-6,8,12,14H,7H2,1H3,(H,19,20)/b11-6-/t8?,12-,14?/m1/s1. The average Bonchev–Trinajstić information content (AvgIpc) is 2.91. The van der Waals surface area contributed by atoms with Crippen LogP contribution in [0.2, 0.25) is 0 Å². The van der Waals surface area contributed by atoms with Gasteiger partial charge in [0.25, 0.3) is 5.69 Å². The van der Waals surface area contributed by atoms with Gasteiger partial charge in [-0.1, -0.05) is 0 Å². The summed E-state index contributed by atoms with van der Waals surface area (Å²) in [6, 6.07) is 4.36. The number of aliphatic carboxylic acids is 1. The van der Waals surface area contributed by atoms with Gasteiger partial charge < -0.3 is 14.6 Å². The van der Waals surface area contributed by atoms with Crippen LogP contribution in [0.3, 0.4) is 0 Å². The summed E-state index contributed by atoms with van der Waals surface area (Å²) in [6.45, 7) is 1.69. The number of nitro groups is 1. The Bertz CT molecular complexity index is 728. The molecule has 3 rings (SSSR count). The molecule has 0 spiro atoms. The molecule has 2 aliphatic heterocycles. The number of nitrogens with zero attached hydrogens (tertiary/aromatic N) is 2. The van der Waals surface area contributed by atoms with Gasteiger partial charge in [-0.2, -0.15) is 0 Å². The fourth-order valence-corrected chi connectivity index (χ4v) is 2.70. The minimum atomic E-state index is -1.17. The second kappa shape index (κ2) is 5.84. The van der Waals surface area contributed by atoms with E-state index in [0.29, 0.717) is 5.75 Å². The number of non-ortho nitro benzene ring substituents is 1. The van der Waals surface area contributed by atoms with Crippen LogP contribution in [0.4, 0.5) is 5.69 Å². The molecule has 126 valence electrons. The van der Waals surface area contributed by atoms with Crippen LogP contribution in [0, 0.1) is 16.0 Å². The van der Waals surface area contributed by atoms with Crippen LogP contribution in [0.5, 0.6) is 5.75 Å². The van der Waals surface area contributed by atoms with Crippen molar-refractivity contribution in [3.05, 3.63) is 46.2 Å². The zero-order chi connectivity index (χ0) is 17.4. The Balaban J connectivity index is 1.66. The molecule has 3 atom stereocenters. The van der Waals surface area contributed by atoms with Gasteiger partial charge in [0.05, 0.1) is 10.8 Å². The molecule has 2 saturated heterocycles. The zero-order valence-corrected chi connectivity index (χ0v) is 12.6. The number of ether oxygens (including phenoxy) is 2. The maximum Gasteiger partial charge on any atom is 0.334 e. The summed E-state index contributed by atoms with van der Waals surface area (Å²) in [5.41, 5.74) is -0.0531. The second-order valence-electron chi connectivity index (χ2n) is 5.45. The summed E-state index contributed by atoms with van der Waals surface area (Å²) in [5, 5.41) is 19.9. The van der Waals surface area contributed by atoms with Crippen LogP contribution < -0.4 is 4.74 Å². The van der Waals surface area contributed by atoms with E-state index in [1.165, 1.54) is 35.2 Å². The van der Waals surface area contributed by atoms with E-state index in [1.54, 1.807) is 6.92 Å². The maximum atomic E-state index is 11.8. The van der Waals surface area contributed by atoms with Crippen LogP contribution in [0.25, 0.3) is 0 Å². The highest BCUT2D eigenvalue weighted by atomic mass is 16.6. The normalized spacial score (nSPS) is 26.5. The largest absolute Gasteiger partial charge is 0.489 e. The molecule has 0 saturated carbocycles. The van der Waals surface area contributed by atoms with Crippen molar-refractivity contribution in [2.75, 3.05) is 6.61 Å². The van der Waals surface area contributed by atoms with Crippen molar-refractivity contribution in [1.29, 1.82) is 0 Å². The van der Waals surface area contributed by atoms with Crippen molar-refractivity contribution >= 4 is 17.6 Å². The first-order valence-corrected chi connectivity index (χ1v) is 7.19. The average molecular weight is 334 g/mol. The molecule has 1 aromatic carbocycles. The molecule has 24 heavy (non-hydrogen) atoms. The lowest BCUT2D eigenvalue weighted by molar-refractivity contribution is -0.384. The monoisotopic (exact) mass is 334 g/mol. The summed E-state index contributed by atoms with van der Waals surface area (Å²) in [7, 11) is 0. The van der Waals surface area contributed by atoms with Gasteiger partial charge in [-0.05, 0) is 25.1 Å². The number of β-lactam (4-membered cyclic amide) rings is 1. The molecule has 0 aliphatic carbocycles. The maximum absolute atomic E-state index is 11.8. The van der Waals surface area contributed by atoms with Crippen LogP contribution in [0.15, 0.2) is 36.1 Å². The molecule has 2 aliphatic rings. The quantitative estimate of drug-likeness (QED) is 0.487. The number of carboxylic acids is 1. The lowest BCUT2D eigenvalue weighted by atomic mass is 9.97. The molecule has 2 heterocycles. The Morgan fingerprint density at radius 3 is 2.71 bits per heavy atom. The van der Waals surface area contributed by atoms with Crippen molar-refractivity contribution in [3.63, 3.8) is 0 Å². The highest BCUT2D eigenvalue weighted by Crippen LogP contribution is 2.40. The Morgan fingerprint density at radius 1 is 1.46 bits per heavy atom. The summed E-state index contributed by atoms with van der Waals surface area (Å²) < 4.78 is 10.9. The summed E-state index contributed by atoms with van der Waals surface area (Å²) in [6.07, 6.45) is 0.905. The highest BCUT2D eigenvalue weighted by molar-refractivity contribution is 5.92. The van der Waals surface area contributed by atoms with Crippen molar-refractivity contribution in [2.24, 2.45) is 5.92 Å². The third-order valence-electron chi connectivity index (χ3n) is 3.97. The fourth-order valence-electron chi connectivity index (χ4n) is 2.70. The van der Waals surface area contributed by atoms with E-state index in [9.17, 15) is 24.8 Å². The van der Waals surface area contributed by atoms with Crippen LogP contribution in [0.1, 0.15) is 6.92 Å². The Kier molecular flexibility index (Phi) is 3.84. The molecule has 0 radical (unpaired) electrons. The third kappa shape index (κ3) is 2.53.